The summed E-state index contributed by atoms with van der Waals surface area (Å²) >= 11 is 0. The molecule has 1 heteroatoms. The molecular weight excluding hydrogens is 266 g/mol. The van der Waals surface area contributed by atoms with Gasteiger partial charge in [-0.15, -0.1) is 0 Å². The zero-order valence-electron chi connectivity index (χ0n) is 13.9. The lowest BCUT2D eigenvalue weighted by Crippen LogP contribution is -1.90. The number of hydrogen-bond donors (Lipinski definition) is 0. The Kier molecular flexibility index (Phi) is 5.11. The highest BCUT2D eigenvalue weighted by Gasteiger charge is 2.07. The van der Waals surface area contributed by atoms with E-state index in [4.69, 9.17) is 0 Å². The van der Waals surface area contributed by atoms with Crippen LogP contribution in [0.3, 0.4) is 0 Å². The number of aryl methyl sites for hydroxylation is 2. The largest absolute Gasteiger partial charge is 0.256 e. The van der Waals surface area contributed by atoms with Gasteiger partial charge in [0.05, 0.1) is 5.70 Å². The van der Waals surface area contributed by atoms with Gasteiger partial charge in [-0.2, -0.15) is 0 Å². The summed E-state index contributed by atoms with van der Waals surface area (Å²) in [6, 6.07) is 15.0. The van der Waals surface area contributed by atoms with Crippen molar-refractivity contribution in [1.29, 1.82) is 0 Å². The Bertz CT molecular complexity index is 748. The average Bonchev–Trinajstić information content (AvgIpc) is 2.49. The van der Waals surface area contributed by atoms with Crippen molar-refractivity contribution in [3.05, 3.63) is 77.4 Å². The summed E-state index contributed by atoms with van der Waals surface area (Å²) in [5.41, 5.74) is 8.15. The number of aliphatic imine (C=N–C) groups is 1. The maximum absolute atomic E-state index is 4.53. The standard InChI is InChI=1S/C21H23N/c1-6-21(22-14-15(2)3)20-12-11-18(13-17(20)5)19-10-8-7-9-16(19)4/h6-14H,2H2,1,3-5H3/b21-6-,22-14-. The number of nitrogens with zero attached hydrogens (tertiary/aromatic N) is 1. The van der Waals surface area contributed by atoms with Crippen LogP contribution in [0.15, 0.2) is 65.7 Å². The van der Waals surface area contributed by atoms with Crippen molar-refractivity contribution >= 4 is 11.9 Å². The molecule has 0 N–H and O–H groups in total. The average molecular weight is 289 g/mol. The van der Waals surface area contributed by atoms with E-state index in [1.54, 1.807) is 0 Å². The fraction of sp³-hybridized carbons (Fsp3) is 0.190. The molecule has 0 radical (unpaired) electrons. The Hall–Kier alpha value is -2.41. The normalized spacial score (nSPS) is 11.9. The van der Waals surface area contributed by atoms with Crippen molar-refractivity contribution in [2.45, 2.75) is 27.7 Å². The van der Waals surface area contributed by atoms with Gasteiger partial charge in [-0.3, -0.25) is 4.99 Å². The Morgan fingerprint density at radius 2 is 1.77 bits per heavy atom. The highest BCUT2D eigenvalue weighted by molar-refractivity contribution is 5.84. The van der Waals surface area contributed by atoms with Crippen LogP contribution in [0.25, 0.3) is 16.8 Å². The Balaban J connectivity index is 2.42. The third-order valence-electron chi connectivity index (χ3n) is 3.66. The van der Waals surface area contributed by atoms with Crippen LogP contribution in [0.4, 0.5) is 0 Å². The lowest BCUT2D eigenvalue weighted by Gasteiger charge is -2.11. The van der Waals surface area contributed by atoms with Gasteiger partial charge in [-0.25, -0.2) is 0 Å². The third-order valence-corrected chi connectivity index (χ3v) is 3.66. The highest BCUT2D eigenvalue weighted by atomic mass is 14.7. The molecule has 2 aromatic carbocycles. The van der Waals surface area contributed by atoms with Crippen LogP contribution in [0.5, 0.6) is 0 Å². The van der Waals surface area contributed by atoms with Gasteiger partial charge in [0.2, 0.25) is 0 Å². The summed E-state index contributed by atoms with van der Waals surface area (Å²) in [7, 11) is 0. The van der Waals surface area contributed by atoms with Crippen LogP contribution in [0, 0.1) is 13.8 Å². The van der Waals surface area contributed by atoms with E-state index in [-0.39, 0.29) is 0 Å². The van der Waals surface area contributed by atoms with Crippen LogP contribution in [-0.4, -0.2) is 6.21 Å². The summed E-state index contributed by atoms with van der Waals surface area (Å²) in [5.74, 6) is 0. The molecule has 0 aliphatic carbocycles. The molecule has 2 rings (SSSR count). The highest BCUT2D eigenvalue weighted by Crippen LogP contribution is 2.28. The molecule has 0 heterocycles. The Morgan fingerprint density at radius 3 is 2.36 bits per heavy atom. The van der Waals surface area contributed by atoms with Gasteiger partial charge >= 0.3 is 0 Å². The fourth-order valence-corrected chi connectivity index (χ4v) is 2.49. The topological polar surface area (TPSA) is 12.4 Å². The number of benzene rings is 2. The molecule has 112 valence electrons. The Morgan fingerprint density at radius 1 is 1.05 bits per heavy atom. The van der Waals surface area contributed by atoms with E-state index in [1.165, 1.54) is 22.3 Å². The van der Waals surface area contributed by atoms with Crippen molar-refractivity contribution in [3.8, 4) is 11.1 Å². The lowest BCUT2D eigenvalue weighted by atomic mass is 9.96. The second kappa shape index (κ2) is 7.04. The van der Waals surface area contributed by atoms with Crippen LogP contribution in [0.1, 0.15) is 30.5 Å². The van der Waals surface area contributed by atoms with E-state index in [2.05, 4.69) is 67.9 Å². The molecule has 0 aromatic heterocycles. The van der Waals surface area contributed by atoms with Crippen molar-refractivity contribution in [2.24, 2.45) is 4.99 Å². The first kappa shape index (κ1) is 16.0. The van der Waals surface area contributed by atoms with Gasteiger partial charge in [-0.05, 0) is 55.5 Å². The minimum Gasteiger partial charge on any atom is -0.256 e. The summed E-state index contributed by atoms with van der Waals surface area (Å²) < 4.78 is 0. The molecule has 22 heavy (non-hydrogen) atoms. The second-order valence-electron chi connectivity index (χ2n) is 5.62. The van der Waals surface area contributed by atoms with Crippen LogP contribution in [0.2, 0.25) is 0 Å². The van der Waals surface area contributed by atoms with E-state index in [1.807, 2.05) is 26.1 Å². The molecule has 0 saturated heterocycles. The van der Waals surface area contributed by atoms with Crippen LogP contribution < -0.4 is 0 Å². The van der Waals surface area contributed by atoms with Gasteiger partial charge in [0.1, 0.15) is 0 Å². The first-order valence-corrected chi connectivity index (χ1v) is 7.56. The number of hydrogen-bond acceptors (Lipinski definition) is 1. The molecule has 0 atom stereocenters. The smallest absolute Gasteiger partial charge is 0.0662 e. The van der Waals surface area contributed by atoms with E-state index >= 15 is 0 Å². The van der Waals surface area contributed by atoms with Gasteiger partial charge in [0.25, 0.3) is 0 Å². The number of allylic oxidation sites excluding steroid dienone is 2. The summed E-state index contributed by atoms with van der Waals surface area (Å²) in [4.78, 5) is 4.53. The number of rotatable bonds is 4. The predicted octanol–water partition coefficient (Wildman–Crippen LogP) is 5.98. The maximum Gasteiger partial charge on any atom is 0.0662 e. The third kappa shape index (κ3) is 3.62. The van der Waals surface area contributed by atoms with E-state index in [0.29, 0.717) is 0 Å². The van der Waals surface area contributed by atoms with Crippen molar-refractivity contribution in [3.63, 3.8) is 0 Å². The first-order chi connectivity index (χ1) is 10.5. The monoisotopic (exact) mass is 289 g/mol. The zero-order valence-corrected chi connectivity index (χ0v) is 13.9. The molecule has 0 saturated carbocycles. The van der Waals surface area contributed by atoms with Gasteiger partial charge in [0, 0.05) is 11.8 Å². The molecule has 0 amide bonds. The SMILES string of the molecule is C=C(C)/C=N\C(=C/C)c1ccc(-c2ccccc2C)cc1C. The first-order valence-electron chi connectivity index (χ1n) is 7.56. The van der Waals surface area contributed by atoms with E-state index in [9.17, 15) is 0 Å². The quantitative estimate of drug-likeness (QED) is 0.614. The van der Waals surface area contributed by atoms with E-state index in [0.717, 1.165) is 16.8 Å². The molecule has 1 nitrogen and oxygen atoms in total. The molecule has 0 aliphatic rings. The molecule has 0 bridgehead atoms. The Labute approximate surface area is 133 Å². The van der Waals surface area contributed by atoms with Gasteiger partial charge in [-0.1, -0.05) is 55.1 Å². The van der Waals surface area contributed by atoms with E-state index < -0.39 is 0 Å². The maximum atomic E-state index is 4.53. The fourth-order valence-electron chi connectivity index (χ4n) is 2.49. The van der Waals surface area contributed by atoms with Crippen LogP contribution >= 0.6 is 0 Å². The van der Waals surface area contributed by atoms with Crippen LogP contribution in [-0.2, 0) is 0 Å². The molecule has 2 aromatic rings. The molecule has 0 fully saturated rings. The van der Waals surface area contributed by atoms with Crippen molar-refractivity contribution < 1.29 is 0 Å². The lowest BCUT2D eigenvalue weighted by molar-refractivity contribution is 1.37. The predicted molar refractivity (Wildman–Crippen MR) is 98.3 cm³/mol. The summed E-state index contributed by atoms with van der Waals surface area (Å²) in [5, 5.41) is 0. The minimum atomic E-state index is 0.952. The summed E-state index contributed by atoms with van der Waals surface area (Å²) in [6.45, 7) is 12.1. The second-order valence-corrected chi connectivity index (χ2v) is 5.62. The van der Waals surface area contributed by atoms with Gasteiger partial charge < -0.3 is 0 Å². The van der Waals surface area contributed by atoms with Gasteiger partial charge in [0.15, 0.2) is 0 Å². The molecule has 0 unspecified atom stereocenters. The molecule has 0 aliphatic heterocycles. The minimum absolute atomic E-state index is 0.952. The molecular formula is C21H23N. The molecule has 0 spiro atoms. The van der Waals surface area contributed by atoms with Crippen molar-refractivity contribution in [2.75, 3.05) is 0 Å². The van der Waals surface area contributed by atoms with Crippen molar-refractivity contribution in [1.82, 2.24) is 0 Å². The summed E-state index contributed by atoms with van der Waals surface area (Å²) in [6.07, 6.45) is 3.85. The zero-order chi connectivity index (χ0) is 16.1.